The van der Waals surface area contributed by atoms with E-state index in [0.717, 1.165) is 41.4 Å². The van der Waals surface area contributed by atoms with E-state index >= 15 is 0 Å². The second-order valence-corrected chi connectivity index (χ2v) is 13.1. The van der Waals surface area contributed by atoms with E-state index in [1.54, 1.807) is 12.8 Å². The predicted octanol–water partition coefficient (Wildman–Crippen LogP) is 9.69. The summed E-state index contributed by atoms with van der Waals surface area (Å²) < 4.78 is 0. The second-order valence-electron chi connectivity index (χ2n) is 13.1. The summed E-state index contributed by atoms with van der Waals surface area (Å²) in [5, 5.41) is 0. The minimum absolute atomic E-state index is 0.603. The molecule has 0 N–H and O–H groups in total. The van der Waals surface area contributed by atoms with Crippen molar-refractivity contribution in [1.82, 2.24) is 0 Å². The molecule has 8 atom stereocenters. The van der Waals surface area contributed by atoms with Crippen LogP contribution in [0.15, 0.2) is 11.6 Å². The molecule has 4 aliphatic carbocycles. The first-order chi connectivity index (χ1) is 14.2. The van der Waals surface area contributed by atoms with Gasteiger partial charge in [0, 0.05) is 0 Å². The Bertz CT molecular complexity index is 582. The zero-order valence-electron chi connectivity index (χ0n) is 21.9. The molecule has 0 aromatic rings. The van der Waals surface area contributed by atoms with Crippen LogP contribution in [0.1, 0.15) is 126 Å². The van der Waals surface area contributed by atoms with Gasteiger partial charge in [-0.25, -0.2) is 0 Å². The Balaban J connectivity index is 0.000000589. The average Bonchev–Trinajstić information content (AvgIpc) is 2.94. The molecule has 0 aromatic carbocycles. The van der Waals surface area contributed by atoms with E-state index in [9.17, 15) is 0 Å². The molecule has 2 bridgehead atoms. The van der Waals surface area contributed by atoms with Gasteiger partial charge in [-0.3, -0.25) is 0 Å². The molecule has 5 unspecified atom stereocenters. The first-order valence-corrected chi connectivity index (χ1v) is 13.8. The maximum absolute atomic E-state index is 2.76. The van der Waals surface area contributed by atoms with Crippen molar-refractivity contribution in [3.63, 3.8) is 0 Å². The molecular formula is C30H54. The molecule has 3 saturated carbocycles. The van der Waals surface area contributed by atoms with E-state index in [0.29, 0.717) is 10.8 Å². The highest BCUT2D eigenvalue weighted by Gasteiger charge is 2.58. The Labute approximate surface area is 190 Å². The standard InChI is InChI=1S/C26H44.C4H10/c1-6-19(4)22-10-11-24-21-9-8-20-16-18(3)12-14-25(5,17-20)23(21)13-15-26(22,24)7-2;1-4(2)3/h8,18-19,21-24H,6-7,9-17H2,1-5H3;4H,1-3H3/t18-,19?,21?,22?,23?,24?,25-,26+;/m0./s1. The lowest BCUT2D eigenvalue weighted by atomic mass is 9.50. The van der Waals surface area contributed by atoms with Crippen LogP contribution in [0.2, 0.25) is 0 Å². The maximum Gasteiger partial charge on any atom is -0.0238 e. The fraction of sp³-hybridized carbons (Fsp3) is 0.933. The third-order valence-electron chi connectivity index (χ3n) is 10.2. The number of rotatable bonds is 3. The Morgan fingerprint density at radius 1 is 0.967 bits per heavy atom. The summed E-state index contributed by atoms with van der Waals surface area (Å²) >= 11 is 0. The van der Waals surface area contributed by atoms with E-state index < -0.39 is 0 Å². The molecule has 4 rings (SSSR count). The van der Waals surface area contributed by atoms with Gasteiger partial charge < -0.3 is 0 Å². The summed E-state index contributed by atoms with van der Waals surface area (Å²) in [5.74, 6) is 6.71. The molecule has 3 fully saturated rings. The maximum atomic E-state index is 2.76. The quantitative estimate of drug-likeness (QED) is 0.403. The molecule has 0 saturated heterocycles. The van der Waals surface area contributed by atoms with Crippen molar-refractivity contribution in [3.05, 3.63) is 11.6 Å². The van der Waals surface area contributed by atoms with Gasteiger partial charge >= 0.3 is 0 Å². The zero-order valence-corrected chi connectivity index (χ0v) is 21.9. The molecule has 0 heteroatoms. The molecule has 174 valence electrons. The van der Waals surface area contributed by atoms with Gasteiger partial charge in [0.1, 0.15) is 0 Å². The lowest BCUT2D eigenvalue weighted by molar-refractivity contribution is -0.0595. The van der Waals surface area contributed by atoms with Gasteiger partial charge in [0.05, 0.1) is 0 Å². The fourth-order valence-corrected chi connectivity index (χ4v) is 8.75. The van der Waals surface area contributed by atoms with Crippen LogP contribution in [0.3, 0.4) is 0 Å². The summed E-state index contributed by atoms with van der Waals surface area (Å²) in [4.78, 5) is 0. The van der Waals surface area contributed by atoms with E-state index in [-0.39, 0.29) is 0 Å². The van der Waals surface area contributed by atoms with Gasteiger partial charge in [-0.15, -0.1) is 0 Å². The van der Waals surface area contributed by atoms with Gasteiger partial charge in [-0.1, -0.05) is 73.5 Å². The third kappa shape index (κ3) is 4.59. The van der Waals surface area contributed by atoms with Gasteiger partial charge in [0.2, 0.25) is 0 Å². The summed E-state index contributed by atoms with van der Waals surface area (Å²) in [5.41, 5.74) is 3.13. The summed E-state index contributed by atoms with van der Waals surface area (Å²) in [6, 6.07) is 0. The van der Waals surface area contributed by atoms with Gasteiger partial charge in [-0.2, -0.15) is 0 Å². The summed E-state index contributed by atoms with van der Waals surface area (Å²) in [7, 11) is 0. The Morgan fingerprint density at radius 2 is 1.67 bits per heavy atom. The van der Waals surface area contributed by atoms with Crippen molar-refractivity contribution < 1.29 is 0 Å². The molecule has 0 amide bonds. The first-order valence-electron chi connectivity index (χ1n) is 13.8. The van der Waals surface area contributed by atoms with E-state index in [1.165, 1.54) is 57.8 Å². The van der Waals surface area contributed by atoms with E-state index in [1.807, 2.05) is 5.57 Å². The van der Waals surface area contributed by atoms with Crippen molar-refractivity contribution in [1.29, 1.82) is 0 Å². The Hall–Kier alpha value is -0.260. The van der Waals surface area contributed by atoms with Crippen LogP contribution in [0.25, 0.3) is 0 Å². The highest BCUT2D eigenvalue weighted by Crippen LogP contribution is 2.67. The molecule has 0 heterocycles. The van der Waals surface area contributed by atoms with Crippen molar-refractivity contribution in [2.24, 2.45) is 52.3 Å². The first kappa shape index (κ1) is 24.4. The van der Waals surface area contributed by atoms with Crippen molar-refractivity contribution in [2.45, 2.75) is 126 Å². The minimum atomic E-state index is 0.603. The minimum Gasteiger partial charge on any atom is -0.0850 e. The number of allylic oxidation sites excluding steroid dienone is 2. The molecule has 0 spiro atoms. The van der Waals surface area contributed by atoms with Crippen LogP contribution in [0.5, 0.6) is 0 Å². The summed E-state index contributed by atoms with van der Waals surface area (Å²) in [6.45, 7) is 19.2. The molecule has 0 aliphatic heterocycles. The number of fused-ring (bicyclic) bond motifs is 6. The molecular weight excluding hydrogens is 360 g/mol. The van der Waals surface area contributed by atoms with E-state index in [2.05, 4.69) is 61.5 Å². The normalized spacial score (nSPS) is 44.0. The summed E-state index contributed by atoms with van der Waals surface area (Å²) in [6.07, 6.45) is 18.9. The second kappa shape index (κ2) is 9.70. The van der Waals surface area contributed by atoms with Crippen molar-refractivity contribution in [2.75, 3.05) is 0 Å². The Kier molecular flexibility index (Phi) is 7.89. The third-order valence-corrected chi connectivity index (χ3v) is 10.2. The SMILES string of the molecule is CC(C)C.CCC(C)C1CCC2C3CC=C4C[C@@H](C)CC[C@@](C)(C4)C3CC[C@]12CC. The monoisotopic (exact) mass is 414 g/mol. The van der Waals surface area contributed by atoms with Gasteiger partial charge in [0.25, 0.3) is 0 Å². The smallest absolute Gasteiger partial charge is 0.0238 e. The van der Waals surface area contributed by atoms with Crippen LogP contribution in [-0.2, 0) is 0 Å². The number of hydrogen-bond acceptors (Lipinski definition) is 0. The molecule has 4 aliphatic rings. The predicted molar refractivity (Wildman–Crippen MR) is 134 cm³/mol. The van der Waals surface area contributed by atoms with Crippen LogP contribution >= 0.6 is 0 Å². The van der Waals surface area contributed by atoms with Crippen molar-refractivity contribution >= 4 is 0 Å². The van der Waals surface area contributed by atoms with Crippen molar-refractivity contribution in [3.8, 4) is 0 Å². The highest BCUT2D eigenvalue weighted by atomic mass is 14.6. The fourth-order valence-electron chi connectivity index (χ4n) is 8.75. The molecule has 30 heavy (non-hydrogen) atoms. The van der Waals surface area contributed by atoms with E-state index in [4.69, 9.17) is 0 Å². The van der Waals surface area contributed by atoms with Gasteiger partial charge in [-0.05, 0) is 116 Å². The lowest BCUT2D eigenvalue weighted by Crippen LogP contribution is -2.48. The highest BCUT2D eigenvalue weighted by molar-refractivity contribution is 5.17. The molecule has 0 radical (unpaired) electrons. The Morgan fingerprint density at radius 3 is 2.30 bits per heavy atom. The molecule has 0 nitrogen and oxygen atoms in total. The zero-order chi connectivity index (χ0) is 22.1. The average molecular weight is 415 g/mol. The largest absolute Gasteiger partial charge is 0.0850 e. The van der Waals surface area contributed by atoms with Gasteiger partial charge in [0.15, 0.2) is 0 Å². The lowest BCUT2D eigenvalue weighted by Gasteiger charge is -2.55. The topological polar surface area (TPSA) is 0 Å². The number of hydrogen-bond donors (Lipinski definition) is 0. The van der Waals surface area contributed by atoms with Crippen LogP contribution in [0.4, 0.5) is 0 Å². The molecule has 0 aromatic heterocycles. The van der Waals surface area contributed by atoms with Crippen LogP contribution < -0.4 is 0 Å². The van der Waals surface area contributed by atoms with Crippen LogP contribution in [0, 0.1) is 52.3 Å². The van der Waals surface area contributed by atoms with Crippen LogP contribution in [-0.4, -0.2) is 0 Å².